The lowest BCUT2D eigenvalue weighted by Crippen LogP contribution is -2.51. The lowest BCUT2D eigenvalue weighted by atomic mass is 9.89. The Bertz CT molecular complexity index is 1090. The molecule has 7 heteroatoms. The number of aromatic nitrogens is 1. The molecule has 4 rings (SSSR count). The van der Waals surface area contributed by atoms with Gasteiger partial charge in [0, 0.05) is 36.1 Å². The van der Waals surface area contributed by atoms with Crippen LogP contribution < -0.4 is 5.32 Å². The maximum atomic E-state index is 13.5. The molecule has 1 aromatic heterocycles. The van der Waals surface area contributed by atoms with Gasteiger partial charge in [-0.1, -0.05) is 37.3 Å². The van der Waals surface area contributed by atoms with Crippen molar-refractivity contribution in [2.45, 2.75) is 37.6 Å². The van der Waals surface area contributed by atoms with Gasteiger partial charge in [-0.3, -0.25) is 0 Å². The fourth-order valence-electron chi connectivity index (χ4n) is 4.45. The number of likely N-dealkylation sites (tertiary alicyclic amines) is 1. The largest absolute Gasteiger partial charge is 0.480 e. The molecule has 2 heterocycles. The molecule has 3 N–H and O–H groups in total. The lowest BCUT2D eigenvalue weighted by molar-refractivity contribution is -0.139. The second-order valence-corrected chi connectivity index (χ2v) is 8.16. The SMILES string of the molecule is C[C@@H](c1c[nH]c2ccccc12)[C@@H](NC(=O)N1CCC(c2cccc(F)c2)CC1)C(=O)O. The molecule has 1 fully saturated rings. The minimum absolute atomic E-state index is 0.195. The van der Waals surface area contributed by atoms with Crippen molar-refractivity contribution in [2.24, 2.45) is 0 Å². The number of aromatic amines is 1. The molecular formula is C24H26FN3O3. The summed E-state index contributed by atoms with van der Waals surface area (Å²) < 4.78 is 13.5. The summed E-state index contributed by atoms with van der Waals surface area (Å²) in [5.74, 6) is -1.54. The Labute approximate surface area is 180 Å². The highest BCUT2D eigenvalue weighted by molar-refractivity contribution is 5.87. The van der Waals surface area contributed by atoms with Gasteiger partial charge in [0.05, 0.1) is 0 Å². The predicted octanol–water partition coefficient (Wildman–Crippen LogP) is 4.45. The van der Waals surface area contributed by atoms with Gasteiger partial charge in [0.25, 0.3) is 0 Å². The number of H-pyrrole nitrogens is 1. The van der Waals surface area contributed by atoms with Crippen molar-refractivity contribution < 1.29 is 19.1 Å². The number of fused-ring (bicyclic) bond motifs is 1. The molecule has 0 bridgehead atoms. The quantitative estimate of drug-likeness (QED) is 0.567. The molecule has 162 valence electrons. The minimum Gasteiger partial charge on any atom is -0.480 e. The van der Waals surface area contributed by atoms with Crippen molar-refractivity contribution in [3.63, 3.8) is 0 Å². The maximum absolute atomic E-state index is 13.5. The second-order valence-electron chi connectivity index (χ2n) is 8.16. The zero-order valence-corrected chi connectivity index (χ0v) is 17.3. The number of carboxylic acids is 1. The third-order valence-corrected chi connectivity index (χ3v) is 6.26. The highest BCUT2D eigenvalue weighted by atomic mass is 19.1. The van der Waals surface area contributed by atoms with Gasteiger partial charge in [-0.2, -0.15) is 0 Å². The zero-order chi connectivity index (χ0) is 22.0. The third kappa shape index (κ3) is 4.40. The van der Waals surface area contributed by atoms with Gasteiger partial charge in [-0.15, -0.1) is 0 Å². The normalized spacial score (nSPS) is 16.8. The van der Waals surface area contributed by atoms with Crippen LogP contribution in [0, 0.1) is 5.82 Å². The van der Waals surface area contributed by atoms with E-state index in [0.29, 0.717) is 25.9 Å². The number of benzene rings is 2. The Morgan fingerprint density at radius 1 is 1.16 bits per heavy atom. The van der Waals surface area contributed by atoms with E-state index in [1.54, 1.807) is 17.0 Å². The summed E-state index contributed by atoms with van der Waals surface area (Å²) in [6.45, 7) is 2.81. The molecule has 6 nitrogen and oxygen atoms in total. The van der Waals surface area contributed by atoms with E-state index in [-0.39, 0.29) is 17.8 Å². The van der Waals surface area contributed by atoms with Crippen molar-refractivity contribution in [3.05, 3.63) is 71.7 Å². The van der Waals surface area contributed by atoms with Crippen LogP contribution >= 0.6 is 0 Å². The van der Waals surface area contributed by atoms with Crippen molar-refractivity contribution in [1.82, 2.24) is 15.2 Å². The molecule has 3 aromatic rings. The molecule has 1 aliphatic heterocycles. The summed E-state index contributed by atoms with van der Waals surface area (Å²) >= 11 is 0. The number of carbonyl (C=O) groups is 2. The van der Waals surface area contributed by atoms with Crippen LogP contribution in [0.3, 0.4) is 0 Å². The first-order chi connectivity index (χ1) is 14.9. The van der Waals surface area contributed by atoms with Crippen LogP contribution in [0.5, 0.6) is 0 Å². The number of piperidine rings is 1. The maximum Gasteiger partial charge on any atom is 0.326 e. The summed E-state index contributed by atoms with van der Waals surface area (Å²) in [7, 11) is 0. The zero-order valence-electron chi connectivity index (χ0n) is 17.3. The first-order valence-electron chi connectivity index (χ1n) is 10.5. The van der Waals surface area contributed by atoms with E-state index in [1.807, 2.05) is 43.5 Å². The van der Waals surface area contributed by atoms with E-state index < -0.39 is 17.9 Å². The summed E-state index contributed by atoms with van der Waals surface area (Å²) in [5, 5.41) is 13.5. The van der Waals surface area contributed by atoms with Crippen molar-refractivity contribution in [1.29, 1.82) is 0 Å². The Morgan fingerprint density at radius 3 is 2.61 bits per heavy atom. The van der Waals surface area contributed by atoms with Crippen molar-refractivity contribution in [3.8, 4) is 0 Å². The molecule has 1 aliphatic rings. The third-order valence-electron chi connectivity index (χ3n) is 6.26. The van der Waals surface area contributed by atoms with Crippen LogP contribution in [0.4, 0.5) is 9.18 Å². The van der Waals surface area contributed by atoms with Gasteiger partial charge in [0.1, 0.15) is 11.9 Å². The van der Waals surface area contributed by atoms with Gasteiger partial charge in [0.2, 0.25) is 0 Å². The number of amides is 2. The first-order valence-corrected chi connectivity index (χ1v) is 10.5. The second kappa shape index (κ2) is 8.79. The minimum atomic E-state index is -1.07. The number of para-hydroxylation sites is 1. The van der Waals surface area contributed by atoms with Crippen molar-refractivity contribution >= 4 is 22.9 Å². The fourth-order valence-corrected chi connectivity index (χ4v) is 4.45. The Balaban J connectivity index is 1.42. The number of nitrogens with one attached hydrogen (secondary N) is 2. The van der Waals surface area contributed by atoms with E-state index in [1.165, 1.54) is 6.07 Å². The summed E-state index contributed by atoms with van der Waals surface area (Å²) in [6.07, 6.45) is 3.24. The molecule has 2 aromatic carbocycles. The topological polar surface area (TPSA) is 85.4 Å². The highest BCUT2D eigenvalue weighted by Gasteiger charge is 2.32. The number of hydrogen-bond acceptors (Lipinski definition) is 2. The molecule has 2 atom stereocenters. The van der Waals surface area contributed by atoms with Gasteiger partial charge in [0.15, 0.2) is 0 Å². The smallest absolute Gasteiger partial charge is 0.326 e. The van der Waals surface area contributed by atoms with Gasteiger partial charge in [-0.25, -0.2) is 14.0 Å². The van der Waals surface area contributed by atoms with E-state index in [2.05, 4.69) is 10.3 Å². The first kappa shape index (κ1) is 20.9. The van der Waals surface area contributed by atoms with E-state index in [9.17, 15) is 19.1 Å². The van der Waals surface area contributed by atoms with Gasteiger partial charge < -0.3 is 20.3 Å². The van der Waals surface area contributed by atoms with Crippen LogP contribution in [0.15, 0.2) is 54.7 Å². The molecule has 0 radical (unpaired) electrons. The average Bonchev–Trinajstić information content (AvgIpc) is 3.21. The van der Waals surface area contributed by atoms with Crippen LogP contribution in [-0.4, -0.2) is 46.1 Å². The molecule has 0 unspecified atom stereocenters. The molecule has 0 spiro atoms. The van der Waals surface area contributed by atoms with Gasteiger partial charge >= 0.3 is 12.0 Å². The molecule has 31 heavy (non-hydrogen) atoms. The van der Waals surface area contributed by atoms with Crippen LogP contribution in [0.1, 0.15) is 42.7 Å². The predicted molar refractivity (Wildman–Crippen MR) is 117 cm³/mol. The number of aliphatic carboxylic acids is 1. The van der Waals surface area contributed by atoms with Crippen LogP contribution in [-0.2, 0) is 4.79 Å². The number of carboxylic acid groups (broad SMARTS) is 1. The molecule has 0 aliphatic carbocycles. The van der Waals surface area contributed by atoms with E-state index in [0.717, 1.165) is 22.0 Å². The average molecular weight is 423 g/mol. The Kier molecular flexibility index (Phi) is 5.93. The highest BCUT2D eigenvalue weighted by Crippen LogP contribution is 2.30. The number of hydrogen-bond donors (Lipinski definition) is 3. The monoisotopic (exact) mass is 423 g/mol. The number of urea groups is 1. The summed E-state index contributed by atoms with van der Waals surface area (Å²) in [5.41, 5.74) is 2.73. The number of rotatable bonds is 5. The lowest BCUT2D eigenvalue weighted by Gasteiger charge is -2.33. The standard InChI is InChI=1S/C24H26FN3O3/c1-15(20-14-26-21-8-3-2-7-19(20)21)22(23(29)30)27-24(31)28-11-9-16(10-12-28)17-5-4-6-18(25)13-17/h2-8,13-16,22,26H,9-12H2,1H3,(H,27,31)(H,29,30)/t15-,22+/m0/s1. The molecular weight excluding hydrogens is 397 g/mol. The van der Waals surface area contributed by atoms with E-state index >= 15 is 0 Å². The van der Waals surface area contributed by atoms with Gasteiger partial charge in [-0.05, 0) is 48.1 Å². The van der Waals surface area contributed by atoms with Crippen LogP contribution in [0.25, 0.3) is 10.9 Å². The Morgan fingerprint density at radius 2 is 1.90 bits per heavy atom. The molecule has 2 amide bonds. The Hall–Kier alpha value is -3.35. The van der Waals surface area contributed by atoms with Crippen molar-refractivity contribution in [2.75, 3.05) is 13.1 Å². The fraction of sp³-hybridized carbons (Fsp3) is 0.333. The number of carbonyl (C=O) groups excluding carboxylic acids is 1. The molecule has 1 saturated heterocycles. The number of nitrogens with zero attached hydrogens (tertiary/aromatic N) is 1. The number of halogens is 1. The molecule has 0 saturated carbocycles. The van der Waals surface area contributed by atoms with E-state index in [4.69, 9.17) is 0 Å². The summed E-state index contributed by atoms with van der Waals surface area (Å²) in [4.78, 5) is 29.6. The van der Waals surface area contributed by atoms with Crippen LogP contribution in [0.2, 0.25) is 0 Å². The summed E-state index contributed by atoms with van der Waals surface area (Å²) in [6, 6.07) is 12.8.